The lowest BCUT2D eigenvalue weighted by Crippen LogP contribution is -2.40. The van der Waals surface area contributed by atoms with E-state index in [9.17, 15) is 0 Å². The third-order valence-electron chi connectivity index (χ3n) is 3.41. The van der Waals surface area contributed by atoms with Crippen LogP contribution in [0.25, 0.3) is 0 Å². The van der Waals surface area contributed by atoms with Crippen molar-refractivity contribution in [1.29, 1.82) is 0 Å². The molecule has 1 aliphatic heterocycles. The molecule has 0 aromatic heterocycles. The van der Waals surface area contributed by atoms with Gasteiger partial charge in [-0.15, -0.1) is 0 Å². The molecule has 2 rings (SSSR count). The fraction of sp³-hybridized carbons (Fsp3) is 0.571. The molecule has 0 radical (unpaired) electrons. The quantitative estimate of drug-likeness (QED) is 0.849. The lowest BCUT2D eigenvalue weighted by molar-refractivity contribution is 0.414. The highest BCUT2D eigenvalue weighted by Crippen LogP contribution is 2.24. The second kappa shape index (κ2) is 5.92. The van der Waals surface area contributed by atoms with Gasteiger partial charge in [-0.2, -0.15) is 0 Å². The predicted octanol–water partition coefficient (Wildman–Crippen LogP) is 2.27. The molecule has 0 amide bonds. The van der Waals surface area contributed by atoms with Crippen LogP contribution in [0.15, 0.2) is 24.3 Å². The van der Waals surface area contributed by atoms with Gasteiger partial charge in [-0.05, 0) is 45.0 Å². The van der Waals surface area contributed by atoms with E-state index in [2.05, 4.69) is 35.3 Å². The van der Waals surface area contributed by atoms with E-state index in [1.807, 2.05) is 6.07 Å². The summed E-state index contributed by atoms with van der Waals surface area (Å²) in [6.45, 7) is 5.64. The molecular formula is C14H22N2O. The topological polar surface area (TPSA) is 24.5 Å². The monoisotopic (exact) mass is 234 g/mol. The lowest BCUT2D eigenvalue weighted by Gasteiger charge is -2.33. The summed E-state index contributed by atoms with van der Waals surface area (Å²) in [6.07, 6.45) is 2.39. The van der Waals surface area contributed by atoms with Crippen LogP contribution in [0.1, 0.15) is 19.8 Å². The van der Waals surface area contributed by atoms with Crippen LogP contribution in [0.2, 0.25) is 0 Å². The highest BCUT2D eigenvalue weighted by Gasteiger charge is 2.16. The van der Waals surface area contributed by atoms with Gasteiger partial charge in [0.2, 0.25) is 0 Å². The van der Waals surface area contributed by atoms with Gasteiger partial charge in [0, 0.05) is 24.3 Å². The van der Waals surface area contributed by atoms with Crippen LogP contribution in [0, 0.1) is 0 Å². The van der Waals surface area contributed by atoms with E-state index in [0.717, 1.165) is 25.4 Å². The van der Waals surface area contributed by atoms with Gasteiger partial charge in [0.25, 0.3) is 0 Å². The van der Waals surface area contributed by atoms with Gasteiger partial charge in [0.15, 0.2) is 0 Å². The number of benzene rings is 1. The second-order valence-electron chi connectivity index (χ2n) is 4.64. The number of ether oxygens (including phenoxy) is 1. The SMILES string of the molecule is COc1cccc(N2CCCNCCC2C)c1. The highest BCUT2D eigenvalue weighted by atomic mass is 16.5. The average molecular weight is 234 g/mol. The van der Waals surface area contributed by atoms with Crippen molar-refractivity contribution in [3.63, 3.8) is 0 Å². The fourth-order valence-electron chi connectivity index (χ4n) is 2.36. The number of hydrogen-bond acceptors (Lipinski definition) is 3. The summed E-state index contributed by atoms with van der Waals surface area (Å²) in [4.78, 5) is 2.49. The van der Waals surface area contributed by atoms with Gasteiger partial charge in [-0.1, -0.05) is 6.07 Å². The molecule has 17 heavy (non-hydrogen) atoms. The summed E-state index contributed by atoms with van der Waals surface area (Å²) in [6, 6.07) is 8.95. The van der Waals surface area contributed by atoms with E-state index in [0.29, 0.717) is 6.04 Å². The fourth-order valence-corrected chi connectivity index (χ4v) is 2.36. The summed E-state index contributed by atoms with van der Waals surface area (Å²) in [5, 5.41) is 3.46. The summed E-state index contributed by atoms with van der Waals surface area (Å²) < 4.78 is 5.30. The van der Waals surface area contributed by atoms with Crippen molar-refractivity contribution < 1.29 is 4.74 Å². The summed E-state index contributed by atoms with van der Waals surface area (Å²) in [7, 11) is 1.72. The van der Waals surface area contributed by atoms with Crippen molar-refractivity contribution >= 4 is 5.69 Å². The Hall–Kier alpha value is -1.22. The minimum atomic E-state index is 0.579. The summed E-state index contributed by atoms with van der Waals surface area (Å²) >= 11 is 0. The first-order valence-corrected chi connectivity index (χ1v) is 6.42. The van der Waals surface area contributed by atoms with Crippen LogP contribution < -0.4 is 15.0 Å². The molecule has 94 valence electrons. The van der Waals surface area contributed by atoms with E-state index < -0.39 is 0 Å². The van der Waals surface area contributed by atoms with Crippen LogP contribution in [0.3, 0.4) is 0 Å². The lowest BCUT2D eigenvalue weighted by atomic mass is 10.1. The van der Waals surface area contributed by atoms with Crippen LogP contribution in [-0.4, -0.2) is 32.8 Å². The normalized spacial score (nSPS) is 21.8. The van der Waals surface area contributed by atoms with Crippen molar-refractivity contribution in [2.45, 2.75) is 25.8 Å². The molecule has 1 saturated heterocycles. The standard InChI is InChI=1S/C14H22N2O/c1-12-7-9-15-8-4-10-16(12)13-5-3-6-14(11-13)17-2/h3,5-6,11-12,15H,4,7-10H2,1-2H3. The maximum absolute atomic E-state index is 5.30. The molecule has 1 aromatic carbocycles. The number of methoxy groups -OCH3 is 1. The first kappa shape index (κ1) is 12.2. The van der Waals surface area contributed by atoms with Crippen molar-refractivity contribution in [3.05, 3.63) is 24.3 Å². The van der Waals surface area contributed by atoms with Crippen LogP contribution in [0.5, 0.6) is 5.75 Å². The van der Waals surface area contributed by atoms with Crippen LogP contribution in [-0.2, 0) is 0 Å². The van der Waals surface area contributed by atoms with Crippen LogP contribution in [0.4, 0.5) is 5.69 Å². The zero-order valence-electron chi connectivity index (χ0n) is 10.8. The van der Waals surface area contributed by atoms with Gasteiger partial charge in [0.05, 0.1) is 7.11 Å². The Balaban J connectivity index is 2.16. The summed E-state index contributed by atoms with van der Waals surface area (Å²) in [5.41, 5.74) is 1.28. The summed E-state index contributed by atoms with van der Waals surface area (Å²) in [5.74, 6) is 0.940. The maximum atomic E-state index is 5.30. The Morgan fingerprint density at radius 1 is 1.35 bits per heavy atom. The Morgan fingerprint density at radius 2 is 2.24 bits per heavy atom. The molecule has 1 N–H and O–H groups in total. The Morgan fingerprint density at radius 3 is 3.06 bits per heavy atom. The molecule has 1 aromatic rings. The Bertz CT molecular complexity index is 354. The van der Waals surface area contributed by atoms with Crippen molar-refractivity contribution in [1.82, 2.24) is 5.32 Å². The molecule has 1 aliphatic rings. The van der Waals surface area contributed by atoms with E-state index in [-0.39, 0.29) is 0 Å². The van der Waals surface area contributed by atoms with E-state index >= 15 is 0 Å². The largest absolute Gasteiger partial charge is 0.497 e. The molecule has 0 spiro atoms. The molecule has 3 nitrogen and oxygen atoms in total. The smallest absolute Gasteiger partial charge is 0.120 e. The van der Waals surface area contributed by atoms with E-state index in [4.69, 9.17) is 4.74 Å². The van der Waals surface area contributed by atoms with Gasteiger partial charge in [-0.25, -0.2) is 0 Å². The number of nitrogens with one attached hydrogen (secondary N) is 1. The molecule has 0 saturated carbocycles. The molecule has 1 fully saturated rings. The van der Waals surface area contributed by atoms with Crippen molar-refractivity contribution in [3.8, 4) is 5.75 Å². The second-order valence-corrected chi connectivity index (χ2v) is 4.64. The molecule has 1 unspecified atom stereocenters. The van der Waals surface area contributed by atoms with Gasteiger partial charge in [-0.3, -0.25) is 0 Å². The highest BCUT2D eigenvalue weighted by molar-refractivity contribution is 5.51. The zero-order chi connectivity index (χ0) is 12.1. The molecule has 1 atom stereocenters. The van der Waals surface area contributed by atoms with Crippen molar-refractivity contribution in [2.24, 2.45) is 0 Å². The first-order valence-electron chi connectivity index (χ1n) is 6.42. The van der Waals surface area contributed by atoms with E-state index in [1.165, 1.54) is 18.5 Å². The number of rotatable bonds is 2. The number of anilines is 1. The Kier molecular flexibility index (Phi) is 4.26. The van der Waals surface area contributed by atoms with Crippen LogP contribution >= 0.6 is 0 Å². The van der Waals surface area contributed by atoms with Crippen molar-refractivity contribution in [2.75, 3.05) is 31.6 Å². The molecule has 0 aliphatic carbocycles. The number of nitrogens with zero attached hydrogens (tertiary/aromatic N) is 1. The third-order valence-corrected chi connectivity index (χ3v) is 3.41. The predicted molar refractivity (Wildman–Crippen MR) is 71.9 cm³/mol. The minimum absolute atomic E-state index is 0.579. The molecule has 0 bridgehead atoms. The average Bonchev–Trinajstić information content (AvgIpc) is 2.34. The molecule has 3 heteroatoms. The molecular weight excluding hydrogens is 212 g/mol. The van der Waals surface area contributed by atoms with Gasteiger partial charge in [0.1, 0.15) is 5.75 Å². The zero-order valence-corrected chi connectivity index (χ0v) is 10.8. The number of hydrogen-bond donors (Lipinski definition) is 1. The Labute approximate surface area is 104 Å². The van der Waals surface area contributed by atoms with E-state index in [1.54, 1.807) is 7.11 Å². The first-order chi connectivity index (χ1) is 8.31. The molecule has 1 heterocycles. The van der Waals surface area contributed by atoms with Gasteiger partial charge < -0.3 is 15.0 Å². The van der Waals surface area contributed by atoms with Gasteiger partial charge >= 0.3 is 0 Å². The maximum Gasteiger partial charge on any atom is 0.120 e. The third kappa shape index (κ3) is 3.13. The minimum Gasteiger partial charge on any atom is -0.497 e.